The van der Waals surface area contributed by atoms with E-state index in [2.05, 4.69) is 9.97 Å². The van der Waals surface area contributed by atoms with E-state index in [1.54, 1.807) is 24.9 Å². The zero-order chi connectivity index (χ0) is 13.7. The van der Waals surface area contributed by atoms with Gasteiger partial charge in [0.2, 0.25) is 0 Å². The molecule has 19 heavy (non-hydrogen) atoms. The summed E-state index contributed by atoms with van der Waals surface area (Å²) in [5.41, 5.74) is 6.54. The summed E-state index contributed by atoms with van der Waals surface area (Å²) in [5, 5.41) is 0.729. The van der Waals surface area contributed by atoms with E-state index in [4.69, 9.17) is 22.1 Å². The number of halogens is 1. The van der Waals surface area contributed by atoms with Gasteiger partial charge < -0.3 is 10.5 Å². The van der Waals surface area contributed by atoms with Crippen molar-refractivity contribution in [1.82, 2.24) is 9.97 Å². The summed E-state index contributed by atoms with van der Waals surface area (Å²) in [6, 6.07) is 9.38. The van der Waals surface area contributed by atoms with Crippen LogP contribution in [-0.2, 0) is 17.1 Å². The van der Waals surface area contributed by atoms with E-state index in [1.807, 2.05) is 24.3 Å². The van der Waals surface area contributed by atoms with Crippen molar-refractivity contribution in [2.75, 3.05) is 12.8 Å². The molecular weight excluding hydrogens is 282 g/mol. The van der Waals surface area contributed by atoms with Crippen LogP contribution in [0.3, 0.4) is 0 Å². The molecule has 2 aromatic rings. The fraction of sp³-hybridized carbons (Fsp3) is 0.231. The molecule has 2 rings (SSSR count). The maximum absolute atomic E-state index is 5.84. The third-order valence-electron chi connectivity index (χ3n) is 2.32. The molecule has 4 nitrogen and oxygen atoms in total. The van der Waals surface area contributed by atoms with Gasteiger partial charge in [0.1, 0.15) is 11.6 Å². The summed E-state index contributed by atoms with van der Waals surface area (Å²) in [7, 11) is 1.63. The molecule has 0 unspecified atom stereocenters. The first-order valence-electron chi connectivity index (χ1n) is 5.67. The minimum absolute atomic E-state index is 0.436. The fourth-order valence-corrected chi connectivity index (χ4v) is 2.42. The Bertz CT molecular complexity index is 548. The van der Waals surface area contributed by atoms with Gasteiger partial charge in [0.05, 0.1) is 18.1 Å². The first kappa shape index (κ1) is 14.1. The zero-order valence-corrected chi connectivity index (χ0v) is 12.0. The SMILES string of the molecule is COCc1cc(N)nc(CSc2ccc(Cl)cc2)n1. The van der Waals surface area contributed by atoms with Crippen LogP contribution >= 0.6 is 23.4 Å². The van der Waals surface area contributed by atoms with Crippen molar-refractivity contribution in [3.05, 3.63) is 46.9 Å². The summed E-state index contributed by atoms with van der Waals surface area (Å²) in [6.07, 6.45) is 0. The highest BCUT2D eigenvalue weighted by molar-refractivity contribution is 7.98. The average molecular weight is 296 g/mol. The molecule has 0 saturated carbocycles. The normalized spacial score (nSPS) is 10.6. The Kier molecular flexibility index (Phi) is 5.01. The van der Waals surface area contributed by atoms with E-state index >= 15 is 0 Å². The van der Waals surface area contributed by atoms with Crippen LogP contribution < -0.4 is 5.73 Å². The Morgan fingerprint density at radius 1 is 1.26 bits per heavy atom. The first-order chi connectivity index (χ1) is 9.17. The van der Waals surface area contributed by atoms with Crippen LogP contribution in [0.4, 0.5) is 5.82 Å². The molecule has 6 heteroatoms. The smallest absolute Gasteiger partial charge is 0.141 e. The molecule has 0 radical (unpaired) electrons. The number of benzene rings is 1. The van der Waals surface area contributed by atoms with E-state index in [0.717, 1.165) is 15.6 Å². The number of thioether (sulfide) groups is 1. The lowest BCUT2D eigenvalue weighted by Gasteiger charge is -2.05. The Morgan fingerprint density at radius 2 is 2.00 bits per heavy atom. The Balaban J connectivity index is 2.04. The van der Waals surface area contributed by atoms with Crippen LogP contribution in [0.25, 0.3) is 0 Å². The number of methoxy groups -OCH3 is 1. The van der Waals surface area contributed by atoms with Gasteiger partial charge in [-0.1, -0.05) is 11.6 Å². The summed E-state index contributed by atoms with van der Waals surface area (Å²) < 4.78 is 5.05. The second kappa shape index (κ2) is 6.75. The molecule has 0 fully saturated rings. The molecule has 0 saturated heterocycles. The molecule has 0 bridgehead atoms. The van der Waals surface area contributed by atoms with Crippen LogP contribution in [0.5, 0.6) is 0 Å². The monoisotopic (exact) mass is 295 g/mol. The molecule has 0 aliphatic rings. The van der Waals surface area contributed by atoms with Crippen molar-refractivity contribution < 1.29 is 4.74 Å². The van der Waals surface area contributed by atoms with E-state index in [9.17, 15) is 0 Å². The van der Waals surface area contributed by atoms with Crippen molar-refractivity contribution in [1.29, 1.82) is 0 Å². The molecule has 0 aliphatic heterocycles. The Labute approximate surface area is 121 Å². The van der Waals surface area contributed by atoms with Gasteiger partial charge in [0.25, 0.3) is 0 Å². The van der Waals surface area contributed by atoms with Crippen LogP contribution in [0.15, 0.2) is 35.2 Å². The molecule has 0 aliphatic carbocycles. The molecule has 2 N–H and O–H groups in total. The predicted molar refractivity (Wildman–Crippen MR) is 78.2 cm³/mol. The molecule has 0 atom stereocenters. The van der Waals surface area contributed by atoms with Crippen molar-refractivity contribution in [2.45, 2.75) is 17.3 Å². The number of nitrogens with zero attached hydrogens (tertiary/aromatic N) is 2. The number of nitrogens with two attached hydrogens (primary N) is 1. The quantitative estimate of drug-likeness (QED) is 0.859. The van der Waals surface area contributed by atoms with Crippen LogP contribution in [0.1, 0.15) is 11.5 Å². The summed E-state index contributed by atoms with van der Waals surface area (Å²) in [5.74, 6) is 1.82. The number of aromatic nitrogens is 2. The van der Waals surface area contributed by atoms with E-state index < -0.39 is 0 Å². The lowest BCUT2D eigenvalue weighted by Crippen LogP contribution is -2.03. The molecule has 0 amide bonds. The van der Waals surface area contributed by atoms with Gasteiger partial charge in [-0.2, -0.15) is 0 Å². The number of hydrogen-bond acceptors (Lipinski definition) is 5. The van der Waals surface area contributed by atoms with Gasteiger partial charge in [0, 0.05) is 23.1 Å². The molecule has 1 heterocycles. The van der Waals surface area contributed by atoms with Crippen molar-refractivity contribution in [3.63, 3.8) is 0 Å². The molecule has 1 aromatic heterocycles. The number of nitrogen functional groups attached to an aromatic ring is 1. The van der Waals surface area contributed by atoms with Gasteiger partial charge in [-0.25, -0.2) is 9.97 Å². The Hall–Kier alpha value is -1.30. The number of ether oxygens (including phenoxy) is 1. The Morgan fingerprint density at radius 3 is 2.68 bits per heavy atom. The molecule has 100 valence electrons. The minimum atomic E-state index is 0.436. The van der Waals surface area contributed by atoms with Gasteiger partial charge in [-0.3, -0.25) is 0 Å². The van der Waals surface area contributed by atoms with Gasteiger partial charge in [0.15, 0.2) is 0 Å². The summed E-state index contributed by atoms with van der Waals surface area (Å²) >= 11 is 7.48. The number of rotatable bonds is 5. The third-order valence-corrected chi connectivity index (χ3v) is 3.58. The molecule has 1 aromatic carbocycles. The second-order valence-electron chi connectivity index (χ2n) is 3.88. The topological polar surface area (TPSA) is 61.0 Å². The maximum atomic E-state index is 5.84. The third kappa shape index (κ3) is 4.38. The highest BCUT2D eigenvalue weighted by Crippen LogP contribution is 2.23. The van der Waals surface area contributed by atoms with Gasteiger partial charge >= 0.3 is 0 Å². The van der Waals surface area contributed by atoms with Crippen molar-refractivity contribution in [3.8, 4) is 0 Å². The van der Waals surface area contributed by atoms with Crippen LogP contribution in [0, 0.1) is 0 Å². The second-order valence-corrected chi connectivity index (χ2v) is 5.36. The highest BCUT2D eigenvalue weighted by Gasteiger charge is 2.04. The fourth-order valence-electron chi connectivity index (χ4n) is 1.54. The van der Waals surface area contributed by atoms with E-state index in [-0.39, 0.29) is 0 Å². The van der Waals surface area contributed by atoms with Crippen molar-refractivity contribution >= 4 is 29.2 Å². The highest BCUT2D eigenvalue weighted by atomic mass is 35.5. The van der Waals surface area contributed by atoms with E-state index in [1.165, 1.54) is 0 Å². The molecular formula is C13H14ClN3OS. The van der Waals surface area contributed by atoms with Gasteiger partial charge in [-0.15, -0.1) is 11.8 Å². The minimum Gasteiger partial charge on any atom is -0.384 e. The zero-order valence-electron chi connectivity index (χ0n) is 10.5. The lowest BCUT2D eigenvalue weighted by atomic mass is 10.4. The summed E-state index contributed by atoms with van der Waals surface area (Å²) in [4.78, 5) is 9.72. The first-order valence-corrected chi connectivity index (χ1v) is 7.03. The number of hydrogen-bond donors (Lipinski definition) is 1. The standard InChI is InChI=1S/C13H14ClN3OS/c1-18-7-10-6-12(15)17-13(16-10)8-19-11-4-2-9(14)3-5-11/h2-6H,7-8H2,1H3,(H2,15,16,17). The number of anilines is 1. The van der Waals surface area contributed by atoms with Crippen LogP contribution in [0.2, 0.25) is 5.02 Å². The van der Waals surface area contributed by atoms with Gasteiger partial charge in [-0.05, 0) is 24.3 Å². The maximum Gasteiger partial charge on any atom is 0.141 e. The average Bonchev–Trinajstić information content (AvgIpc) is 2.38. The summed E-state index contributed by atoms with van der Waals surface area (Å²) in [6.45, 7) is 0.436. The van der Waals surface area contributed by atoms with Crippen molar-refractivity contribution in [2.24, 2.45) is 0 Å². The molecule has 0 spiro atoms. The predicted octanol–water partition coefficient (Wildman–Crippen LogP) is 3.15. The largest absolute Gasteiger partial charge is 0.384 e. The van der Waals surface area contributed by atoms with Crippen LogP contribution in [-0.4, -0.2) is 17.1 Å². The lowest BCUT2D eigenvalue weighted by molar-refractivity contribution is 0.181. The van der Waals surface area contributed by atoms with E-state index in [0.29, 0.717) is 24.0 Å².